The van der Waals surface area contributed by atoms with E-state index in [4.69, 9.17) is 0 Å². The van der Waals surface area contributed by atoms with Gasteiger partial charge in [-0.05, 0) is 31.2 Å². The summed E-state index contributed by atoms with van der Waals surface area (Å²) in [5, 5.41) is 0. The number of nitrogens with zero attached hydrogens (tertiary/aromatic N) is 2. The Morgan fingerprint density at radius 1 is 1.14 bits per heavy atom. The van der Waals surface area contributed by atoms with Crippen molar-refractivity contribution in [2.75, 3.05) is 0 Å². The van der Waals surface area contributed by atoms with Crippen LogP contribution in [-0.2, 0) is 0 Å². The van der Waals surface area contributed by atoms with Gasteiger partial charge in [-0.1, -0.05) is 6.07 Å². The molecular weight excluding hydrogens is 179 g/mol. The SMILES string of the molecule is Cc1cccc(-c2ncccc2F)n1. The fourth-order valence-corrected chi connectivity index (χ4v) is 1.25. The molecule has 2 nitrogen and oxygen atoms in total. The van der Waals surface area contributed by atoms with E-state index in [1.165, 1.54) is 6.07 Å². The van der Waals surface area contributed by atoms with Crippen molar-refractivity contribution in [3.63, 3.8) is 0 Å². The predicted molar refractivity (Wildman–Crippen MR) is 52.2 cm³/mol. The molecule has 3 heteroatoms. The lowest BCUT2D eigenvalue weighted by Gasteiger charge is -2.01. The molecule has 0 aliphatic carbocycles. The molecule has 2 heterocycles. The molecule has 2 rings (SSSR count). The second kappa shape index (κ2) is 3.54. The first-order valence-electron chi connectivity index (χ1n) is 4.32. The monoisotopic (exact) mass is 188 g/mol. The highest BCUT2D eigenvalue weighted by Crippen LogP contribution is 2.17. The number of hydrogen-bond acceptors (Lipinski definition) is 2. The average molecular weight is 188 g/mol. The Morgan fingerprint density at radius 3 is 2.71 bits per heavy atom. The highest BCUT2D eigenvalue weighted by atomic mass is 19.1. The molecule has 2 aromatic rings. The van der Waals surface area contributed by atoms with Gasteiger partial charge in [0.05, 0.1) is 5.69 Å². The summed E-state index contributed by atoms with van der Waals surface area (Å²) in [6.45, 7) is 1.87. The second-order valence-electron chi connectivity index (χ2n) is 3.00. The minimum absolute atomic E-state index is 0.302. The molecule has 0 spiro atoms. The van der Waals surface area contributed by atoms with E-state index in [9.17, 15) is 4.39 Å². The first kappa shape index (κ1) is 8.81. The molecule has 70 valence electrons. The standard InChI is InChI=1S/C11H9FN2/c1-8-4-2-6-10(14-8)11-9(12)5-3-7-13-11/h2-7H,1H3. The molecule has 0 bridgehead atoms. The third kappa shape index (κ3) is 1.62. The normalized spacial score (nSPS) is 10.1. The van der Waals surface area contributed by atoms with Crippen LogP contribution < -0.4 is 0 Å². The molecule has 0 fully saturated rings. The van der Waals surface area contributed by atoms with Crippen molar-refractivity contribution in [1.82, 2.24) is 9.97 Å². The predicted octanol–water partition coefficient (Wildman–Crippen LogP) is 2.59. The first-order valence-corrected chi connectivity index (χ1v) is 4.32. The number of pyridine rings is 2. The summed E-state index contributed by atoms with van der Waals surface area (Å²) in [6, 6.07) is 8.40. The highest BCUT2D eigenvalue weighted by molar-refractivity contribution is 5.54. The lowest BCUT2D eigenvalue weighted by molar-refractivity contribution is 0.625. The zero-order valence-electron chi connectivity index (χ0n) is 7.74. The summed E-state index contributed by atoms with van der Waals surface area (Å²) in [7, 11) is 0. The smallest absolute Gasteiger partial charge is 0.151 e. The zero-order chi connectivity index (χ0) is 9.97. The Hall–Kier alpha value is -1.77. The fraction of sp³-hybridized carbons (Fsp3) is 0.0909. The van der Waals surface area contributed by atoms with E-state index in [-0.39, 0.29) is 5.82 Å². The minimum Gasteiger partial charge on any atom is -0.252 e. The van der Waals surface area contributed by atoms with Crippen molar-refractivity contribution in [3.05, 3.63) is 48.0 Å². The van der Waals surface area contributed by atoms with Crippen LogP contribution in [0.4, 0.5) is 4.39 Å². The summed E-state index contributed by atoms with van der Waals surface area (Å²) in [5.74, 6) is -0.342. The average Bonchev–Trinajstić information content (AvgIpc) is 2.18. The number of rotatable bonds is 1. The molecule has 0 N–H and O–H groups in total. The molecule has 0 atom stereocenters. The molecule has 0 unspecified atom stereocenters. The molecular formula is C11H9FN2. The van der Waals surface area contributed by atoms with Crippen LogP contribution in [0.5, 0.6) is 0 Å². The molecule has 2 aromatic heterocycles. The Morgan fingerprint density at radius 2 is 2.00 bits per heavy atom. The molecule has 0 aromatic carbocycles. The molecule has 14 heavy (non-hydrogen) atoms. The largest absolute Gasteiger partial charge is 0.252 e. The third-order valence-electron chi connectivity index (χ3n) is 1.89. The number of hydrogen-bond donors (Lipinski definition) is 0. The summed E-state index contributed by atoms with van der Waals surface area (Å²) in [5.41, 5.74) is 1.73. The van der Waals surface area contributed by atoms with Crippen LogP contribution in [0.15, 0.2) is 36.5 Å². The van der Waals surface area contributed by atoms with Crippen LogP contribution in [0.2, 0.25) is 0 Å². The van der Waals surface area contributed by atoms with Gasteiger partial charge in [-0.25, -0.2) is 4.39 Å². The van der Waals surface area contributed by atoms with Gasteiger partial charge in [0.25, 0.3) is 0 Å². The van der Waals surface area contributed by atoms with Crippen LogP contribution in [0.25, 0.3) is 11.4 Å². The number of aromatic nitrogens is 2. The Balaban J connectivity index is 2.55. The molecule has 0 saturated heterocycles. The van der Waals surface area contributed by atoms with E-state index in [1.54, 1.807) is 18.3 Å². The first-order chi connectivity index (χ1) is 6.77. The summed E-state index contributed by atoms with van der Waals surface area (Å²) in [4.78, 5) is 8.15. The van der Waals surface area contributed by atoms with Gasteiger partial charge < -0.3 is 0 Å². The van der Waals surface area contributed by atoms with Gasteiger partial charge in [0.2, 0.25) is 0 Å². The zero-order valence-corrected chi connectivity index (χ0v) is 7.74. The third-order valence-corrected chi connectivity index (χ3v) is 1.89. The van der Waals surface area contributed by atoms with E-state index in [0.717, 1.165) is 5.69 Å². The van der Waals surface area contributed by atoms with Crippen molar-refractivity contribution in [3.8, 4) is 11.4 Å². The molecule has 0 radical (unpaired) electrons. The minimum atomic E-state index is -0.342. The van der Waals surface area contributed by atoms with E-state index >= 15 is 0 Å². The molecule has 0 saturated carbocycles. The van der Waals surface area contributed by atoms with Crippen LogP contribution in [-0.4, -0.2) is 9.97 Å². The van der Waals surface area contributed by atoms with Crippen molar-refractivity contribution >= 4 is 0 Å². The van der Waals surface area contributed by atoms with Crippen molar-refractivity contribution in [2.24, 2.45) is 0 Å². The Kier molecular flexibility index (Phi) is 2.23. The van der Waals surface area contributed by atoms with Gasteiger partial charge in [0.15, 0.2) is 5.82 Å². The second-order valence-corrected chi connectivity index (χ2v) is 3.00. The number of aryl methyl sites for hydroxylation is 1. The molecule has 0 aliphatic heterocycles. The lowest BCUT2D eigenvalue weighted by atomic mass is 10.2. The van der Waals surface area contributed by atoms with E-state index < -0.39 is 0 Å². The maximum Gasteiger partial charge on any atom is 0.151 e. The maximum atomic E-state index is 13.3. The lowest BCUT2D eigenvalue weighted by Crippen LogP contribution is -1.92. The quantitative estimate of drug-likeness (QED) is 0.687. The Bertz CT molecular complexity index is 455. The summed E-state index contributed by atoms with van der Waals surface area (Å²) < 4.78 is 13.3. The van der Waals surface area contributed by atoms with Gasteiger partial charge in [-0.2, -0.15) is 0 Å². The Labute approximate surface area is 81.5 Å². The van der Waals surface area contributed by atoms with Crippen LogP contribution in [0.1, 0.15) is 5.69 Å². The van der Waals surface area contributed by atoms with Gasteiger partial charge >= 0.3 is 0 Å². The van der Waals surface area contributed by atoms with Crippen LogP contribution >= 0.6 is 0 Å². The fourth-order valence-electron chi connectivity index (χ4n) is 1.25. The topological polar surface area (TPSA) is 25.8 Å². The van der Waals surface area contributed by atoms with Gasteiger partial charge in [-0.3, -0.25) is 9.97 Å². The maximum absolute atomic E-state index is 13.3. The number of halogens is 1. The van der Waals surface area contributed by atoms with Crippen molar-refractivity contribution in [1.29, 1.82) is 0 Å². The van der Waals surface area contributed by atoms with Gasteiger partial charge in [-0.15, -0.1) is 0 Å². The molecule has 0 aliphatic rings. The van der Waals surface area contributed by atoms with Crippen molar-refractivity contribution < 1.29 is 4.39 Å². The molecule has 0 amide bonds. The van der Waals surface area contributed by atoms with Crippen LogP contribution in [0, 0.1) is 12.7 Å². The van der Waals surface area contributed by atoms with Crippen LogP contribution in [0.3, 0.4) is 0 Å². The van der Waals surface area contributed by atoms with E-state index in [1.807, 2.05) is 19.1 Å². The highest BCUT2D eigenvalue weighted by Gasteiger charge is 2.06. The summed E-state index contributed by atoms with van der Waals surface area (Å²) >= 11 is 0. The van der Waals surface area contributed by atoms with Crippen molar-refractivity contribution in [2.45, 2.75) is 6.92 Å². The van der Waals surface area contributed by atoms with E-state index in [0.29, 0.717) is 11.4 Å². The van der Waals surface area contributed by atoms with E-state index in [2.05, 4.69) is 9.97 Å². The van der Waals surface area contributed by atoms with Gasteiger partial charge in [0.1, 0.15) is 5.69 Å². The van der Waals surface area contributed by atoms with Gasteiger partial charge in [0, 0.05) is 11.9 Å². The summed E-state index contributed by atoms with van der Waals surface area (Å²) in [6.07, 6.45) is 1.56.